The predicted molar refractivity (Wildman–Crippen MR) is 92.3 cm³/mol. The van der Waals surface area contributed by atoms with Gasteiger partial charge in [0.2, 0.25) is 0 Å². The summed E-state index contributed by atoms with van der Waals surface area (Å²) in [6.07, 6.45) is 1.91. The summed E-state index contributed by atoms with van der Waals surface area (Å²) in [5.74, 6) is 1.29. The number of hydrogen-bond donors (Lipinski definition) is 2. The van der Waals surface area contributed by atoms with Crippen LogP contribution in [0, 0.1) is 13.8 Å². The van der Waals surface area contributed by atoms with Crippen molar-refractivity contribution in [3.8, 4) is 5.75 Å². The molecule has 0 fully saturated rings. The molecule has 0 unspecified atom stereocenters. The fourth-order valence-corrected chi connectivity index (χ4v) is 3.00. The van der Waals surface area contributed by atoms with E-state index in [-0.39, 0.29) is 0 Å². The van der Waals surface area contributed by atoms with Gasteiger partial charge in [-0.3, -0.25) is 0 Å². The highest BCUT2D eigenvalue weighted by Gasteiger charge is 2.05. The minimum atomic E-state index is 0.390. The van der Waals surface area contributed by atoms with Gasteiger partial charge >= 0.3 is 0 Å². The fourth-order valence-electron chi connectivity index (χ4n) is 2.23. The first-order valence-electron chi connectivity index (χ1n) is 6.97. The van der Waals surface area contributed by atoms with Crippen molar-refractivity contribution in [2.24, 2.45) is 0 Å². The Labute approximate surface area is 130 Å². The normalized spacial score (nSPS) is 10.4. The summed E-state index contributed by atoms with van der Waals surface area (Å²) in [5, 5.41) is 13.3. The average molecular weight is 299 g/mol. The van der Waals surface area contributed by atoms with E-state index in [0.29, 0.717) is 5.75 Å². The lowest BCUT2D eigenvalue weighted by atomic mass is 10.1. The van der Waals surface area contributed by atoms with Crippen LogP contribution in [-0.2, 0) is 6.54 Å². The third kappa shape index (κ3) is 4.05. The average Bonchev–Trinajstić information content (AvgIpc) is 2.49. The number of thioether (sulfide) groups is 1. The number of phenolic OH excluding ortho intramolecular Hbond substituents is 1. The van der Waals surface area contributed by atoms with E-state index in [1.807, 2.05) is 44.2 Å². The second-order valence-corrected chi connectivity index (χ2v) is 6.09. The number of anilines is 1. The zero-order valence-electron chi connectivity index (χ0n) is 12.5. The van der Waals surface area contributed by atoms with Crippen molar-refractivity contribution in [2.75, 3.05) is 11.1 Å². The van der Waals surface area contributed by atoms with E-state index in [4.69, 9.17) is 0 Å². The van der Waals surface area contributed by atoms with Crippen molar-refractivity contribution >= 4 is 17.4 Å². The molecular formula is C18H21NOS. The molecule has 0 bridgehead atoms. The molecule has 2 rings (SSSR count). The zero-order valence-corrected chi connectivity index (χ0v) is 13.3. The quantitative estimate of drug-likeness (QED) is 0.588. The van der Waals surface area contributed by atoms with Crippen molar-refractivity contribution in [3.05, 3.63) is 65.7 Å². The summed E-state index contributed by atoms with van der Waals surface area (Å²) in [7, 11) is 0. The van der Waals surface area contributed by atoms with Gasteiger partial charge in [0.15, 0.2) is 0 Å². The number of para-hydroxylation sites is 1. The number of rotatable bonds is 6. The van der Waals surface area contributed by atoms with Crippen LogP contribution in [-0.4, -0.2) is 10.9 Å². The van der Waals surface area contributed by atoms with Gasteiger partial charge in [0.05, 0.1) is 0 Å². The van der Waals surface area contributed by atoms with Crippen LogP contribution >= 0.6 is 11.8 Å². The largest absolute Gasteiger partial charge is 0.507 e. The van der Waals surface area contributed by atoms with Crippen LogP contribution in [0.4, 0.5) is 5.69 Å². The Morgan fingerprint density at radius 2 is 1.86 bits per heavy atom. The molecule has 0 saturated heterocycles. The van der Waals surface area contributed by atoms with Crippen LogP contribution in [0.3, 0.4) is 0 Å². The summed E-state index contributed by atoms with van der Waals surface area (Å²) in [5.41, 5.74) is 4.14. The molecule has 0 amide bonds. The van der Waals surface area contributed by atoms with Gasteiger partial charge in [0.25, 0.3) is 0 Å². The monoisotopic (exact) mass is 299 g/mol. The Hall–Kier alpha value is -1.87. The molecule has 0 radical (unpaired) electrons. The van der Waals surface area contributed by atoms with Crippen LogP contribution in [0.15, 0.2) is 53.9 Å². The number of hydrogen-bond acceptors (Lipinski definition) is 3. The van der Waals surface area contributed by atoms with Crippen LogP contribution in [0.25, 0.3) is 0 Å². The number of phenols is 1. The maximum Gasteiger partial charge on any atom is 0.121 e. The highest BCUT2D eigenvalue weighted by molar-refractivity contribution is 7.99. The van der Waals surface area contributed by atoms with Crippen molar-refractivity contribution in [1.29, 1.82) is 0 Å². The minimum Gasteiger partial charge on any atom is -0.507 e. The molecule has 3 heteroatoms. The van der Waals surface area contributed by atoms with E-state index in [1.165, 1.54) is 10.5 Å². The standard InChI is InChI=1S/C18H21NOS/c1-4-9-21-17-8-6-5-7-16(17)19-12-15-10-13(2)18(20)14(3)11-15/h4-8,10-11,19-20H,1,9,12H2,2-3H3. The second-order valence-electron chi connectivity index (χ2n) is 5.03. The Kier molecular flexibility index (Phi) is 5.34. The van der Waals surface area contributed by atoms with Gasteiger partial charge in [0, 0.05) is 22.9 Å². The molecule has 0 aromatic heterocycles. The number of aromatic hydroxyl groups is 1. The van der Waals surface area contributed by atoms with E-state index < -0.39 is 0 Å². The minimum absolute atomic E-state index is 0.390. The van der Waals surface area contributed by atoms with Gasteiger partial charge in [-0.1, -0.05) is 30.3 Å². The summed E-state index contributed by atoms with van der Waals surface area (Å²) < 4.78 is 0. The van der Waals surface area contributed by atoms with Gasteiger partial charge in [-0.25, -0.2) is 0 Å². The lowest BCUT2D eigenvalue weighted by molar-refractivity contribution is 0.466. The summed E-state index contributed by atoms with van der Waals surface area (Å²) in [4.78, 5) is 1.23. The number of aryl methyl sites for hydroxylation is 2. The maximum atomic E-state index is 9.82. The SMILES string of the molecule is C=CCSc1ccccc1NCc1cc(C)c(O)c(C)c1. The number of benzene rings is 2. The van der Waals surface area contributed by atoms with Crippen LogP contribution in [0.1, 0.15) is 16.7 Å². The van der Waals surface area contributed by atoms with Gasteiger partial charge < -0.3 is 10.4 Å². The molecule has 0 aliphatic carbocycles. The van der Waals surface area contributed by atoms with E-state index in [0.717, 1.165) is 29.1 Å². The Balaban J connectivity index is 2.11. The molecule has 2 N–H and O–H groups in total. The van der Waals surface area contributed by atoms with Crippen LogP contribution in [0.2, 0.25) is 0 Å². The third-order valence-corrected chi connectivity index (χ3v) is 4.35. The van der Waals surface area contributed by atoms with E-state index in [2.05, 4.69) is 24.0 Å². The zero-order chi connectivity index (χ0) is 15.2. The molecule has 0 aliphatic rings. The molecule has 0 spiro atoms. The second kappa shape index (κ2) is 7.23. The topological polar surface area (TPSA) is 32.3 Å². The molecule has 0 aliphatic heterocycles. The van der Waals surface area contributed by atoms with E-state index in [1.54, 1.807) is 11.8 Å². The van der Waals surface area contributed by atoms with Gasteiger partial charge in [-0.05, 0) is 42.7 Å². The van der Waals surface area contributed by atoms with Crippen molar-refractivity contribution in [3.63, 3.8) is 0 Å². The highest BCUT2D eigenvalue weighted by Crippen LogP contribution is 2.28. The lowest BCUT2D eigenvalue weighted by Crippen LogP contribution is -2.01. The summed E-state index contributed by atoms with van der Waals surface area (Å²) in [6.45, 7) is 8.37. The van der Waals surface area contributed by atoms with E-state index >= 15 is 0 Å². The first-order valence-corrected chi connectivity index (χ1v) is 7.96. The van der Waals surface area contributed by atoms with Crippen molar-refractivity contribution < 1.29 is 5.11 Å². The molecular weight excluding hydrogens is 278 g/mol. The summed E-state index contributed by atoms with van der Waals surface area (Å²) >= 11 is 1.77. The summed E-state index contributed by atoms with van der Waals surface area (Å²) in [6, 6.07) is 12.3. The molecule has 0 saturated carbocycles. The molecule has 2 aromatic carbocycles. The maximum absolute atomic E-state index is 9.82. The predicted octanol–water partition coefficient (Wildman–Crippen LogP) is 4.90. The Morgan fingerprint density at radius 1 is 1.19 bits per heavy atom. The van der Waals surface area contributed by atoms with E-state index in [9.17, 15) is 5.11 Å². The van der Waals surface area contributed by atoms with Gasteiger partial charge in [0.1, 0.15) is 5.75 Å². The van der Waals surface area contributed by atoms with Gasteiger partial charge in [-0.15, -0.1) is 18.3 Å². The highest BCUT2D eigenvalue weighted by atomic mass is 32.2. The molecule has 2 nitrogen and oxygen atoms in total. The molecule has 110 valence electrons. The fraction of sp³-hybridized carbons (Fsp3) is 0.222. The third-order valence-electron chi connectivity index (χ3n) is 3.28. The van der Waals surface area contributed by atoms with Crippen molar-refractivity contribution in [2.45, 2.75) is 25.3 Å². The first-order chi connectivity index (χ1) is 10.1. The Bertz CT molecular complexity index is 614. The molecule has 2 aromatic rings. The molecule has 0 atom stereocenters. The molecule has 0 heterocycles. The lowest BCUT2D eigenvalue weighted by Gasteiger charge is -2.13. The smallest absolute Gasteiger partial charge is 0.121 e. The van der Waals surface area contributed by atoms with Crippen molar-refractivity contribution in [1.82, 2.24) is 0 Å². The number of nitrogens with one attached hydrogen (secondary N) is 1. The van der Waals surface area contributed by atoms with Crippen LogP contribution in [0.5, 0.6) is 5.75 Å². The van der Waals surface area contributed by atoms with Gasteiger partial charge in [-0.2, -0.15) is 0 Å². The molecule has 21 heavy (non-hydrogen) atoms. The Morgan fingerprint density at radius 3 is 2.52 bits per heavy atom. The van der Waals surface area contributed by atoms with Crippen LogP contribution < -0.4 is 5.32 Å². The first kappa shape index (κ1) is 15.5.